The van der Waals surface area contributed by atoms with Crippen LogP contribution in [0.25, 0.3) is 22.4 Å². The zero-order valence-corrected chi connectivity index (χ0v) is 13.1. The second-order valence-electron chi connectivity index (χ2n) is 5.65. The molecule has 0 unspecified atom stereocenters. The summed E-state index contributed by atoms with van der Waals surface area (Å²) in [5, 5.41) is 1.57. The Morgan fingerprint density at radius 3 is 2.86 bits per heavy atom. The van der Waals surface area contributed by atoms with Crippen LogP contribution in [0.2, 0.25) is 5.02 Å². The van der Waals surface area contributed by atoms with Gasteiger partial charge in [-0.2, -0.15) is 0 Å². The van der Waals surface area contributed by atoms with Crippen LogP contribution in [0.4, 0.5) is 0 Å². The van der Waals surface area contributed by atoms with Crippen LogP contribution in [-0.4, -0.2) is 15.5 Å². The Balaban J connectivity index is 2.19. The van der Waals surface area contributed by atoms with E-state index in [1.54, 1.807) is 0 Å². The van der Waals surface area contributed by atoms with Gasteiger partial charge in [0.2, 0.25) is 5.89 Å². The molecule has 0 radical (unpaired) electrons. The fourth-order valence-electron chi connectivity index (χ4n) is 2.49. The number of oxazole rings is 1. The van der Waals surface area contributed by atoms with Gasteiger partial charge in [-0.05, 0) is 24.1 Å². The summed E-state index contributed by atoms with van der Waals surface area (Å²) in [6.07, 6.45) is 3.24. The van der Waals surface area contributed by atoms with Crippen molar-refractivity contribution in [2.75, 3.05) is 0 Å². The van der Waals surface area contributed by atoms with Crippen LogP contribution < -0.4 is 5.73 Å². The van der Waals surface area contributed by atoms with Crippen LogP contribution in [-0.2, 0) is 6.54 Å². The van der Waals surface area contributed by atoms with Crippen molar-refractivity contribution in [3.05, 3.63) is 41.4 Å². The topological polar surface area (TPSA) is 74.1 Å². The summed E-state index contributed by atoms with van der Waals surface area (Å²) in [5.74, 6) is 0.243. The van der Waals surface area contributed by atoms with E-state index in [2.05, 4.69) is 23.4 Å². The first kappa shape index (κ1) is 14.7. The highest BCUT2D eigenvalue weighted by atomic mass is 35.5. The molecule has 0 fully saturated rings. The number of rotatable bonds is 4. The molecule has 0 saturated carbocycles. The molecule has 22 heavy (non-hydrogen) atoms. The minimum absolute atomic E-state index is 0.113. The van der Waals surface area contributed by atoms with Crippen molar-refractivity contribution in [1.29, 1.82) is 0 Å². The third kappa shape index (κ3) is 2.60. The van der Waals surface area contributed by atoms with Crippen LogP contribution in [0, 0.1) is 5.92 Å². The highest BCUT2D eigenvalue weighted by Crippen LogP contribution is 2.32. The van der Waals surface area contributed by atoms with Crippen molar-refractivity contribution in [3.8, 4) is 11.5 Å². The first-order chi connectivity index (χ1) is 10.5. The Labute approximate surface area is 132 Å². The molecule has 0 saturated heterocycles. The van der Waals surface area contributed by atoms with Crippen molar-refractivity contribution in [2.24, 2.45) is 11.7 Å². The molecule has 0 atom stereocenters. The predicted octanol–water partition coefficient (Wildman–Crippen LogP) is 3.70. The van der Waals surface area contributed by atoms with E-state index < -0.39 is 5.91 Å². The summed E-state index contributed by atoms with van der Waals surface area (Å²) in [7, 11) is 0. The number of halogens is 1. The van der Waals surface area contributed by atoms with Gasteiger partial charge in [0, 0.05) is 28.7 Å². The number of hydrogen-bond donors (Lipinski definition) is 1. The summed E-state index contributed by atoms with van der Waals surface area (Å²) >= 11 is 6.11. The maximum Gasteiger partial charge on any atom is 0.270 e. The van der Waals surface area contributed by atoms with Gasteiger partial charge in [0.15, 0.2) is 5.69 Å². The maximum atomic E-state index is 11.2. The lowest BCUT2D eigenvalue weighted by Gasteiger charge is -2.07. The van der Waals surface area contributed by atoms with Crippen LogP contribution >= 0.6 is 11.6 Å². The Morgan fingerprint density at radius 2 is 2.23 bits per heavy atom. The fraction of sp³-hybridized carbons (Fsp3) is 0.250. The standard InChI is InChI=1S/C16H16ClN3O2/c1-9(2)6-20-7-12(11-5-10(17)3-4-14(11)20)16-19-13(8-22-16)15(18)21/h3-5,7-9H,6H2,1-2H3,(H2,18,21). The Kier molecular flexibility index (Phi) is 3.66. The van der Waals surface area contributed by atoms with Gasteiger partial charge in [0.1, 0.15) is 6.26 Å². The number of carbonyl (C=O) groups is 1. The van der Waals surface area contributed by atoms with E-state index in [0.29, 0.717) is 16.8 Å². The Morgan fingerprint density at radius 1 is 1.45 bits per heavy atom. The quantitative estimate of drug-likeness (QED) is 0.797. The van der Waals surface area contributed by atoms with Crippen molar-refractivity contribution in [2.45, 2.75) is 20.4 Å². The maximum absolute atomic E-state index is 11.2. The average molecular weight is 318 g/mol. The van der Waals surface area contributed by atoms with Gasteiger partial charge >= 0.3 is 0 Å². The molecule has 0 spiro atoms. The molecule has 2 N–H and O–H groups in total. The largest absolute Gasteiger partial charge is 0.444 e. The van der Waals surface area contributed by atoms with Gasteiger partial charge in [-0.3, -0.25) is 4.79 Å². The third-order valence-electron chi connectivity index (χ3n) is 3.39. The number of fused-ring (bicyclic) bond motifs is 1. The van der Waals surface area contributed by atoms with E-state index in [9.17, 15) is 4.79 Å². The molecule has 0 aliphatic carbocycles. The molecule has 114 valence electrons. The molecule has 2 aromatic heterocycles. The summed E-state index contributed by atoms with van der Waals surface area (Å²) in [6.45, 7) is 5.16. The number of nitrogens with two attached hydrogens (primary N) is 1. The summed E-state index contributed by atoms with van der Waals surface area (Å²) < 4.78 is 7.55. The van der Waals surface area contributed by atoms with Crippen LogP contribution in [0.15, 0.2) is 35.1 Å². The lowest BCUT2D eigenvalue weighted by Crippen LogP contribution is -2.10. The molecular weight excluding hydrogens is 302 g/mol. The molecule has 5 nitrogen and oxygen atoms in total. The molecule has 3 aromatic rings. The minimum Gasteiger partial charge on any atom is -0.444 e. The molecule has 2 heterocycles. The molecular formula is C16H16ClN3O2. The van der Waals surface area contributed by atoms with Crippen molar-refractivity contribution in [1.82, 2.24) is 9.55 Å². The Bertz CT molecular complexity index is 848. The normalized spacial score (nSPS) is 11.5. The highest BCUT2D eigenvalue weighted by molar-refractivity contribution is 6.31. The highest BCUT2D eigenvalue weighted by Gasteiger charge is 2.17. The molecule has 6 heteroatoms. The van der Waals surface area contributed by atoms with E-state index >= 15 is 0 Å². The van der Waals surface area contributed by atoms with E-state index in [1.807, 2.05) is 24.4 Å². The second-order valence-corrected chi connectivity index (χ2v) is 6.09. The first-order valence-corrected chi connectivity index (χ1v) is 7.37. The number of carbonyl (C=O) groups excluding carboxylic acids is 1. The minimum atomic E-state index is -0.612. The lowest BCUT2D eigenvalue weighted by atomic mass is 10.2. The molecule has 0 aliphatic rings. The van der Waals surface area contributed by atoms with Gasteiger partial charge in [-0.25, -0.2) is 4.98 Å². The summed E-state index contributed by atoms with van der Waals surface area (Å²) in [5.41, 5.74) is 7.18. The number of nitrogens with zero attached hydrogens (tertiary/aromatic N) is 2. The second kappa shape index (κ2) is 5.50. The average Bonchev–Trinajstić information content (AvgIpc) is 3.03. The molecule has 1 amide bonds. The predicted molar refractivity (Wildman–Crippen MR) is 85.8 cm³/mol. The smallest absolute Gasteiger partial charge is 0.270 e. The lowest BCUT2D eigenvalue weighted by molar-refractivity contribution is 0.0995. The summed E-state index contributed by atoms with van der Waals surface area (Å²) in [6, 6.07) is 5.70. The SMILES string of the molecule is CC(C)Cn1cc(-c2nc(C(N)=O)co2)c2cc(Cl)ccc21. The first-order valence-electron chi connectivity index (χ1n) is 7.00. The Hall–Kier alpha value is -2.27. The van der Waals surface area contributed by atoms with Crippen molar-refractivity contribution >= 4 is 28.4 Å². The number of primary amides is 1. The zero-order valence-electron chi connectivity index (χ0n) is 12.3. The molecule has 1 aromatic carbocycles. The monoisotopic (exact) mass is 317 g/mol. The van der Waals surface area contributed by atoms with Crippen LogP contribution in [0.3, 0.4) is 0 Å². The van der Waals surface area contributed by atoms with E-state index in [4.69, 9.17) is 21.8 Å². The third-order valence-corrected chi connectivity index (χ3v) is 3.63. The van der Waals surface area contributed by atoms with Gasteiger partial charge in [-0.15, -0.1) is 0 Å². The van der Waals surface area contributed by atoms with Crippen LogP contribution in [0.5, 0.6) is 0 Å². The van der Waals surface area contributed by atoms with E-state index in [0.717, 1.165) is 23.0 Å². The summed E-state index contributed by atoms with van der Waals surface area (Å²) in [4.78, 5) is 15.3. The van der Waals surface area contributed by atoms with Crippen molar-refractivity contribution in [3.63, 3.8) is 0 Å². The number of amides is 1. The number of hydrogen-bond acceptors (Lipinski definition) is 3. The van der Waals surface area contributed by atoms with Gasteiger partial charge < -0.3 is 14.7 Å². The van der Waals surface area contributed by atoms with E-state index in [1.165, 1.54) is 6.26 Å². The van der Waals surface area contributed by atoms with Crippen LogP contribution in [0.1, 0.15) is 24.3 Å². The zero-order chi connectivity index (χ0) is 15.9. The number of benzene rings is 1. The molecule has 0 aliphatic heterocycles. The molecule has 3 rings (SSSR count). The van der Waals surface area contributed by atoms with E-state index in [-0.39, 0.29) is 5.69 Å². The number of aromatic nitrogens is 2. The van der Waals surface area contributed by atoms with Gasteiger partial charge in [-0.1, -0.05) is 25.4 Å². The van der Waals surface area contributed by atoms with Crippen molar-refractivity contribution < 1.29 is 9.21 Å². The van der Waals surface area contributed by atoms with Gasteiger partial charge in [0.05, 0.1) is 5.56 Å². The van der Waals surface area contributed by atoms with Gasteiger partial charge in [0.25, 0.3) is 5.91 Å². The fourth-order valence-corrected chi connectivity index (χ4v) is 2.67. The molecule has 0 bridgehead atoms.